The fourth-order valence-corrected chi connectivity index (χ4v) is 3.08. The normalized spacial score (nSPS) is 16.8. The predicted octanol–water partition coefficient (Wildman–Crippen LogP) is 2.09. The molecule has 1 unspecified atom stereocenters. The van der Waals surface area contributed by atoms with Crippen LogP contribution in [0.15, 0.2) is 48.8 Å². The SMILES string of the molecule is OC1CCN(c2ccnc(NCCOc3cccc4cccnc34)n2)C1. The predicted molar refractivity (Wildman–Crippen MR) is 101 cm³/mol. The summed E-state index contributed by atoms with van der Waals surface area (Å²) in [7, 11) is 0. The Morgan fingerprint density at radius 1 is 1.15 bits per heavy atom. The first-order valence-corrected chi connectivity index (χ1v) is 8.76. The molecule has 1 aliphatic rings. The molecule has 0 amide bonds. The first-order valence-electron chi connectivity index (χ1n) is 8.76. The molecule has 1 atom stereocenters. The van der Waals surface area contributed by atoms with E-state index >= 15 is 0 Å². The van der Waals surface area contributed by atoms with E-state index < -0.39 is 0 Å². The molecule has 0 saturated carbocycles. The van der Waals surface area contributed by atoms with Crippen molar-refractivity contribution in [3.63, 3.8) is 0 Å². The van der Waals surface area contributed by atoms with Crippen molar-refractivity contribution in [2.24, 2.45) is 0 Å². The zero-order valence-electron chi connectivity index (χ0n) is 14.4. The number of aliphatic hydroxyl groups excluding tert-OH is 1. The van der Waals surface area contributed by atoms with Crippen LogP contribution in [0.25, 0.3) is 10.9 Å². The number of pyridine rings is 1. The smallest absolute Gasteiger partial charge is 0.224 e. The van der Waals surface area contributed by atoms with Crippen LogP contribution in [-0.2, 0) is 0 Å². The maximum absolute atomic E-state index is 9.66. The van der Waals surface area contributed by atoms with E-state index in [1.54, 1.807) is 12.4 Å². The van der Waals surface area contributed by atoms with Crippen LogP contribution < -0.4 is 15.0 Å². The zero-order valence-corrected chi connectivity index (χ0v) is 14.4. The van der Waals surface area contributed by atoms with E-state index in [4.69, 9.17) is 4.74 Å². The number of β-amino-alcohol motifs (C(OH)–C–C–N with tert-alkyl or cyclic N) is 1. The van der Waals surface area contributed by atoms with Crippen LogP contribution in [0, 0.1) is 0 Å². The van der Waals surface area contributed by atoms with Crippen molar-refractivity contribution in [1.29, 1.82) is 0 Å². The topological polar surface area (TPSA) is 83.4 Å². The van der Waals surface area contributed by atoms with Crippen LogP contribution in [0.5, 0.6) is 5.75 Å². The maximum atomic E-state index is 9.66. The van der Waals surface area contributed by atoms with Crippen molar-refractivity contribution in [3.8, 4) is 5.75 Å². The van der Waals surface area contributed by atoms with Crippen LogP contribution in [0.1, 0.15) is 6.42 Å². The van der Waals surface area contributed by atoms with Crippen LogP contribution in [0.3, 0.4) is 0 Å². The largest absolute Gasteiger partial charge is 0.489 e. The molecule has 7 nitrogen and oxygen atoms in total. The Morgan fingerprint density at radius 2 is 2.08 bits per heavy atom. The fourth-order valence-electron chi connectivity index (χ4n) is 3.08. The molecule has 0 bridgehead atoms. The van der Waals surface area contributed by atoms with Crippen molar-refractivity contribution in [1.82, 2.24) is 15.0 Å². The van der Waals surface area contributed by atoms with Crippen molar-refractivity contribution < 1.29 is 9.84 Å². The Bertz CT molecular complexity index is 883. The third-order valence-corrected chi connectivity index (χ3v) is 4.37. The number of benzene rings is 1. The van der Waals surface area contributed by atoms with Gasteiger partial charge in [0.1, 0.15) is 23.7 Å². The van der Waals surface area contributed by atoms with Gasteiger partial charge in [-0.2, -0.15) is 4.98 Å². The summed E-state index contributed by atoms with van der Waals surface area (Å²) >= 11 is 0. The molecule has 2 aromatic heterocycles. The minimum absolute atomic E-state index is 0.274. The molecule has 1 saturated heterocycles. The lowest BCUT2D eigenvalue weighted by Gasteiger charge is -2.17. The number of nitrogens with one attached hydrogen (secondary N) is 1. The van der Waals surface area contributed by atoms with Gasteiger partial charge in [0.2, 0.25) is 5.95 Å². The highest BCUT2D eigenvalue weighted by Crippen LogP contribution is 2.23. The van der Waals surface area contributed by atoms with Crippen LogP contribution in [-0.4, -0.2) is 52.4 Å². The van der Waals surface area contributed by atoms with Gasteiger partial charge >= 0.3 is 0 Å². The number of aliphatic hydroxyl groups is 1. The third kappa shape index (κ3) is 3.67. The van der Waals surface area contributed by atoms with Gasteiger partial charge in [0, 0.05) is 30.9 Å². The number of fused-ring (bicyclic) bond motifs is 1. The number of nitrogens with zero attached hydrogens (tertiary/aromatic N) is 4. The summed E-state index contributed by atoms with van der Waals surface area (Å²) in [5.41, 5.74) is 0.862. The average Bonchev–Trinajstić information content (AvgIpc) is 3.12. The molecule has 4 rings (SSSR count). The molecule has 3 aromatic rings. The Hall–Kier alpha value is -2.93. The molecule has 7 heteroatoms. The molecule has 1 aromatic carbocycles. The average molecular weight is 351 g/mol. The lowest BCUT2D eigenvalue weighted by molar-refractivity contribution is 0.198. The van der Waals surface area contributed by atoms with Crippen LogP contribution in [0.2, 0.25) is 0 Å². The van der Waals surface area contributed by atoms with Crippen molar-refractivity contribution in [2.75, 3.05) is 36.5 Å². The van der Waals surface area contributed by atoms with Crippen molar-refractivity contribution >= 4 is 22.7 Å². The second-order valence-electron chi connectivity index (χ2n) is 6.23. The molecule has 3 heterocycles. The fraction of sp³-hybridized carbons (Fsp3) is 0.316. The van der Waals surface area contributed by atoms with E-state index in [2.05, 4.69) is 25.2 Å². The molecule has 1 fully saturated rings. The number of anilines is 2. The highest BCUT2D eigenvalue weighted by molar-refractivity contribution is 5.84. The van der Waals surface area contributed by atoms with Crippen LogP contribution in [0.4, 0.5) is 11.8 Å². The van der Waals surface area contributed by atoms with Gasteiger partial charge in [-0.25, -0.2) is 4.98 Å². The Kier molecular flexibility index (Phi) is 4.79. The number of aromatic nitrogens is 3. The zero-order chi connectivity index (χ0) is 17.8. The molecule has 1 aliphatic heterocycles. The Balaban J connectivity index is 1.33. The highest BCUT2D eigenvalue weighted by atomic mass is 16.5. The summed E-state index contributed by atoms with van der Waals surface area (Å²) in [4.78, 5) is 15.2. The lowest BCUT2D eigenvalue weighted by Crippen LogP contribution is -2.23. The minimum atomic E-state index is -0.274. The Labute approximate surface area is 151 Å². The van der Waals surface area contributed by atoms with E-state index in [1.165, 1.54) is 0 Å². The van der Waals surface area contributed by atoms with Crippen LogP contribution >= 0.6 is 0 Å². The molecule has 26 heavy (non-hydrogen) atoms. The van der Waals surface area contributed by atoms with Gasteiger partial charge in [-0.15, -0.1) is 0 Å². The van der Waals surface area contributed by atoms with E-state index in [0.29, 0.717) is 25.6 Å². The van der Waals surface area contributed by atoms with E-state index in [-0.39, 0.29) is 6.10 Å². The van der Waals surface area contributed by atoms with Gasteiger partial charge in [-0.3, -0.25) is 4.98 Å². The summed E-state index contributed by atoms with van der Waals surface area (Å²) in [6.45, 7) is 2.49. The second kappa shape index (κ2) is 7.53. The van der Waals surface area contributed by atoms with Gasteiger partial charge in [-0.05, 0) is 24.6 Å². The quantitative estimate of drug-likeness (QED) is 0.658. The summed E-state index contributed by atoms with van der Waals surface area (Å²) < 4.78 is 5.86. The van der Waals surface area contributed by atoms with Gasteiger partial charge in [0.05, 0.1) is 12.6 Å². The first-order chi connectivity index (χ1) is 12.8. The molecule has 0 aliphatic carbocycles. The van der Waals surface area contributed by atoms with E-state index in [1.807, 2.05) is 36.4 Å². The van der Waals surface area contributed by atoms with Gasteiger partial charge in [0.15, 0.2) is 0 Å². The third-order valence-electron chi connectivity index (χ3n) is 4.37. The molecule has 0 radical (unpaired) electrons. The van der Waals surface area contributed by atoms with E-state index in [0.717, 1.165) is 35.4 Å². The number of hydrogen-bond acceptors (Lipinski definition) is 7. The maximum Gasteiger partial charge on any atom is 0.224 e. The minimum Gasteiger partial charge on any atom is -0.489 e. The summed E-state index contributed by atoms with van der Waals surface area (Å²) in [5, 5.41) is 13.9. The number of ether oxygens (including phenoxy) is 1. The molecule has 134 valence electrons. The highest BCUT2D eigenvalue weighted by Gasteiger charge is 2.21. The lowest BCUT2D eigenvalue weighted by atomic mass is 10.2. The summed E-state index contributed by atoms with van der Waals surface area (Å²) in [5.74, 6) is 2.16. The second-order valence-corrected chi connectivity index (χ2v) is 6.23. The summed E-state index contributed by atoms with van der Waals surface area (Å²) in [6.07, 6.45) is 4.00. The van der Waals surface area contributed by atoms with Gasteiger partial charge in [-0.1, -0.05) is 18.2 Å². The number of para-hydroxylation sites is 1. The van der Waals surface area contributed by atoms with E-state index in [9.17, 15) is 5.11 Å². The number of hydrogen-bond donors (Lipinski definition) is 2. The molecular weight excluding hydrogens is 330 g/mol. The monoisotopic (exact) mass is 351 g/mol. The summed E-state index contributed by atoms with van der Waals surface area (Å²) in [6, 6.07) is 11.7. The molecule has 2 N–H and O–H groups in total. The Morgan fingerprint density at radius 3 is 2.96 bits per heavy atom. The molecule has 0 spiro atoms. The van der Waals surface area contributed by atoms with Gasteiger partial charge < -0.3 is 20.1 Å². The first kappa shape index (κ1) is 16.5. The van der Waals surface area contributed by atoms with Crippen molar-refractivity contribution in [3.05, 3.63) is 48.8 Å². The molecular formula is C19H21N5O2. The standard InChI is InChI=1S/C19H21N5O2/c25-15-7-11-24(13-15)17-6-9-21-19(23-17)22-10-12-26-16-5-1-3-14-4-2-8-20-18(14)16/h1-6,8-9,15,25H,7,10-13H2,(H,21,22,23). The number of rotatable bonds is 6. The van der Waals surface area contributed by atoms with Crippen molar-refractivity contribution in [2.45, 2.75) is 12.5 Å². The van der Waals surface area contributed by atoms with Gasteiger partial charge in [0.25, 0.3) is 0 Å².